The number of aromatic amines is 1. The van der Waals surface area contributed by atoms with Crippen molar-refractivity contribution in [3.05, 3.63) is 51.8 Å². The minimum Gasteiger partial charge on any atom is -0.347 e. The summed E-state index contributed by atoms with van der Waals surface area (Å²) in [6.45, 7) is 0.484. The third-order valence-corrected chi connectivity index (χ3v) is 3.64. The van der Waals surface area contributed by atoms with Gasteiger partial charge in [-0.25, -0.2) is 0 Å². The summed E-state index contributed by atoms with van der Waals surface area (Å²) in [6, 6.07) is 7.43. The Kier molecular flexibility index (Phi) is 3.25. The van der Waals surface area contributed by atoms with Crippen LogP contribution in [0.2, 0.25) is 5.02 Å². The van der Waals surface area contributed by atoms with Gasteiger partial charge in [0, 0.05) is 22.8 Å². The predicted octanol–water partition coefficient (Wildman–Crippen LogP) is 2.48. The first kappa shape index (κ1) is 12.2. The summed E-state index contributed by atoms with van der Waals surface area (Å²) in [5.41, 5.74) is 3.75. The molecule has 1 aliphatic carbocycles. The number of carbonyl (C=O) groups is 1. The van der Waals surface area contributed by atoms with E-state index in [-0.39, 0.29) is 5.91 Å². The molecule has 98 valence electrons. The van der Waals surface area contributed by atoms with E-state index in [2.05, 4.69) is 15.5 Å². The number of hydrogen-bond donors (Lipinski definition) is 2. The lowest BCUT2D eigenvalue weighted by Gasteiger charge is -2.04. The largest absolute Gasteiger partial charge is 0.347 e. The van der Waals surface area contributed by atoms with Crippen molar-refractivity contribution >= 4 is 17.5 Å². The third kappa shape index (κ3) is 2.49. The number of nitrogens with one attached hydrogen (secondary N) is 2. The molecule has 2 aromatic rings. The van der Waals surface area contributed by atoms with Crippen LogP contribution in [0.25, 0.3) is 0 Å². The number of aryl methyl sites for hydroxylation is 1. The molecule has 0 saturated carbocycles. The molecule has 0 aliphatic heterocycles. The van der Waals surface area contributed by atoms with Crippen LogP contribution in [0.3, 0.4) is 0 Å². The average Bonchev–Trinajstić information content (AvgIpc) is 3.00. The van der Waals surface area contributed by atoms with Crippen LogP contribution in [0.5, 0.6) is 0 Å². The molecular weight excluding hydrogens is 262 g/mol. The van der Waals surface area contributed by atoms with Crippen LogP contribution in [-0.2, 0) is 19.4 Å². The molecule has 1 aromatic heterocycles. The van der Waals surface area contributed by atoms with Crippen LogP contribution in [0.15, 0.2) is 24.3 Å². The molecule has 1 amide bonds. The number of nitrogens with zero attached hydrogens (tertiary/aromatic N) is 1. The zero-order valence-electron chi connectivity index (χ0n) is 10.4. The van der Waals surface area contributed by atoms with Gasteiger partial charge in [0.2, 0.25) is 0 Å². The fraction of sp³-hybridized carbons (Fsp3) is 0.286. The van der Waals surface area contributed by atoms with Gasteiger partial charge in [0.1, 0.15) is 0 Å². The monoisotopic (exact) mass is 275 g/mol. The van der Waals surface area contributed by atoms with Crippen LogP contribution >= 0.6 is 11.6 Å². The van der Waals surface area contributed by atoms with E-state index in [1.54, 1.807) is 0 Å². The van der Waals surface area contributed by atoms with Gasteiger partial charge >= 0.3 is 0 Å². The van der Waals surface area contributed by atoms with Crippen molar-refractivity contribution < 1.29 is 4.79 Å². The summed E-state index contributed by atoms with van der Waals surface area (Å²) in [5.74, 6) is -0.116. The molecular formula is C14H14ClN3O. The molecule has 3 rings (SSSR count). The van der Waals surface area contributed by atoms with Crippen molar-refractivity contribution in [3.8, 4) is 0 Å². The zero-order valence-corrected chi connectivity index (χ0v) is 11.1. The standard InChI is InChI=1S/C14H14ClN3O/c15-10-6-4-9(5-7-10)8-16-14(19)13-11-2-1-3-12(11)17-18-13/h4-7H,1-3,8H2,(H,16,19)(H,17,18). The van der Waals surface area contributed by atoms with Crippen molar-refractivity contribution in [3.63, 3.8) is 0 Å². The second-order valence-corrected chi connectivity index (χ2v) is 5.13. The normalized spacial score (nSPS) is 13.3. The molecule has 1 aliphatic rings. The predicted molar refractivity (Wildman–Crippen MR) is 73.2 cm³/mol. The summed E-state index contributed by atoms with van der Waals surface area (Å²) >= 11 is 5.82. The highest BCUT2D eigenvalue weighted by molar-refractivity contribution is 6.30. The molecule has 0 atom stereocenters. The number of H-pyrrole nitrogens is 1. The van der Waals surface area contributed by atoms with Gasteiger partial charge < -0.3 is 5.32 Å². The van der Waals surface area contributed by atoms with E-state index in [1.807, 2.05) is 24.3 Å². The fourth-order valence-corrected chi connectivity index (χ4v) is 2.50. The van der Waals surface area contributed by atoms with Crippen molar-refractivity contribution in [2.45, 2.75) is 25.8 Å². The number of aromatic nitrogens is 2. The minimum absolute atomic E-state index is 0.116. The Morgan fingerprint density at radius 1 is 1.32 bits per heavy atom. The highest BCUT2D eigenvalue weighted by Gasteiger charge is 2.22. The topological polar surface area (TPSA) is 57.8 Å². The first-order valence-corrected chi connectivity index (χ1v) is 6.70. The summed E-state index contributed by atoms with van der Waals surface area (Å²) < 4.78 is 0. The van der Waals surface area contributed by atoms with Crippen LogP contribution in [-0.4, -0.2) is 16.1 Å². The van der Waals surface area contributed by atoms with Gasteiger partial charge in [-0.1, -0.05) is 23.7 Å². The maximum atomic E-state index is 12.1. The average molecular weight is 276 g/mol. The van der Waals surface area contributed by atoms with E-state index < -0.39 is 0 Å². The van der Waals surface area contributed by atoms with Crippen molar-refractivity contribution in [2.75, 3.05) is 0 Å². The molecule has 19 heavy (non-hydrogen) atoms. The highest BCUT2D eigenvalue weighted by Crippen LogP contribution is 2.22. The summed E-state index contributed by atoms with van der Waals surface area (Å²) in [5, 5.41) is 10.6. The van der Waals surface area contributed by atoms with Crippen LogP contribution in [0.1, 0.15) is 33.7 Å². The second-order valence-electron chi connectivity index (χ2n) is 4.69. The summed E-state index contributed by atoms with van der Waals surface area (Å²) in [4.78, 5) is 12.1. The van der Waals surface area contributed by atoms with Gasteiger partial charge in [-0.15, -0.1) is 0 Å². The van der Waals surface area contributed by atoms with E-state index in [9.17, 15) is 4.79 Å². The van der Waals surface area contributed by atoms with Gasteiger partial charge in [-0.2, -0.15) is 5.10 Å². The highest BCUT2D eigenvalue weighted by atomic mass is 35.5. The lowest BCUT2D eigenvalue weighted by atomic mass is 10.2. The minimum atomic E-state index is -0.116. The second kappa shape index (κ2) is 5.05. The molecule has 0 spiro atoms. The SMILES string of the molecule is O=C(NCc1ccc(Cl)cc1)c1n[nH]c2c1CCC2. The maximum absolute atomic E-state index is 12.1. The maximum Gasteiger partial charge on any atom is 0.272 e. The third-order valence-electron chi connectivity index (χ3n) is 3.39. The number of amides is 1. The lowest BCUT2D eigenvalue weighted by molar-refractivity contribution is 0.0945. The van der Waals surface area contributed by atoms with E-state index in [1.165, 1.54) is 0 Å². The first-order valence-electron chi connectivity index (χ1n) is 6.33. The number of halogens is 1. The molecule has 0 bridgehead atoms. The Bertz CT molecular complexity index is 604. The van der Waals surface area contributed by atoms with Gasteiger partial charge in [0.25, 0.3) is 5.91 Å². The molecule has 2 N–H and O–H groups in total. The number of benzene rings is 1. The quantitative estimate of drug-likeness (QED) is 0.904. The van der Waals surface area contributed by atoms with Crippen molar-refractivity contribution in [2.24, 2.45) is 0 Å². The van der Waals surface area contributed by atoms with Crippen LogP contribution in [0.4, 0.5) is 0 Å². The molecule has 0 radical (unpaired) electrons. The molecule has 1 heterocycles. The molecule has 1 aromatic carbocycles. The number of carbonyl (C=O) groups excluding carboxylic acids is 1. The van der Waals surface area contributed by atoms with E-state index in [0.717, 1.165) is 36.1 Å². The molecule has 0 unspecified atom stereocenters. The van der Waals surface area contributed by atoms with E-state index in [4.69, 9.17) is 11.6 Å². The van der Waals surface area contributed by atoms with E-state index in [0.29, 0.717) is 17.3 Å². The molecule has 4 nitrogen and oxygen atoms in total. The summed E-state index contributed by atoms with van der Waals surface area (Å²) in [7, 11) is 0. The van der Waals surface area contributed by atoms with E-state index >= 15 is 0 Å². The van der Waals surface area contributed by atoms with Crippen molar-refractivity contribution in [1.82, 2.24) is 15.5 Å². The fourth-order valence-electron chi connectivity index (χ4n) is 2.38. The number of rotatable bonds is 3. The number of hydrogen-bond acceptors (Lipinski definition) is 2. The van der Waals surface area contributed by atoms with Crippen molar-refractivity contribution in [1.29, 1.82) is 0 Å². The Morgan fingerprint density at radius 2 is 2.11 bits per heavy atom. The van der Waals surface area contributed by atoms with Crippen LogP contribution < -0.4 is 5.32 Å². The molecule has 5 heteroatoms. The Hall–Kier alpha value is -1.81. The van der Waals surface area contributed by atoms with Gasteiger partial charge in [-0.3, -0.25) is 9.89 Å². The smallest absolute Gasteiger partial charge is 0.272 e. The van der Waals surface area contributed by atoms with Crippen LogP contribution in [0, 0.1) is 0 Å². The first-order chi connectivity index (χ1) is 9.24. The molecule has 0 saturated heterocycles. The Balaban J connectivity index is 1.66. The van der Waals surface area contributed by atoms with Gasteiger partial charge in [0.05, 0.1) is 0 Å². The lowest BCUT2D eigenvalue weighted by Crippen LogP contribution is -2.24. The Morgan fingerprint density at radius 3 is 2.89 bits per heavy atom. The summed E-state index contributed by atoms with van der Waals surface area (Å²) in [6.07, 6.45) is 3.03. The van der Waals surface area contributed by atoms with Gasteiger partial charge in [-0.05, 0) is 37.0 Å². The molecule has 0 fully saturated rings. The number of fused-ring (bicyclic) bond motifs is 1. The van der Waals surface area contributed by atoms with Gasteiger partial charge in [0.15, 0.2) is 5.69 Å². The Labute approximate surface area is 116 Å². The zero-order chi connectivity index (χ0) is 13.2.